The van der Waals surface area contributed by atoms with Crippen molar-refractivity contribution in [1.29, 1.82) is 0 Å². The van der Waals surface area contributed by atoms with Crippen LogP contribution >= 0.6 is 0 Å². The van der Waals surface area contributed by atoms with Gasteiger partial charge in [-0.15, -0.1) is 0 Å². The van der Waals surface area contributed by atoms with Gasteiger partial charge in [-0.05, 0) is 18.6 Å². The summed E-state index contributed by atoms with van der Waals surface area (Å²) in [5, 5.41) is 8.80. The summed E-state index contributed by atoms with van der Waals surface area (Å²) in [6.07, 6.45) is 2.39. The van der Waals surface area contributed by atoms with E-state index in [0.717, 1.165) is 6.42 Å². The molecule has 0 unspecified atom stereocenters. The van der Waals surface area contributed by atoms with E-state index in [-0.39, 0.29) is 12.2 Å². The Morgan fingerprint density at radius 3 is 2.88 bits per heavy atom. The summed E-state index contributed by atoms with van der Waals surface area (Å²) in [5.74, 6) is -1.04. The third kappa shape index (κ3) is 1.93. The predicted molar refractivity (Wildman–Crippen MR) is 61.9 cm³/mol. The standard InChI is InChI=1S/C11H13N3O3/c1-2-6-13-10-8(4-3-5-12-10)14(11(13)17)7-9(15)16/h3-5H,2,6-7H2,1H3,(H,15,16). The number of pyridine rings is 1. The smallest absolute Gasteiger partial charge is 0.330 e. The molecule has 0 spiro atoms. The molecule has 0 fully saturated rings. The minimum Gasteiger partial charge on any atom is -0.480 e. The number of imidazole rings is 1. The monoisotopic (exact) mass is 235 g/mol. The molecule has 2 aromatic rings. The van der Waals surface area contributed by atoms with Gasteiger partial charge in [0.05, 0.1) is 5.52 Å². The van der Waals surface area contributed by atoms with E-state index in [9.17, 15) is 9.59 Å². The Bertz CT molecular complexity index is 612. The second-order valence-electron chi connectivity index (χ2n) is 3.76. The molecule has 0 radical (unpaired) electrons. The molecule has 2 heterocycles. The summed E-state index contributed by atoms with van der Waals surface area (Å²) in [4.78, 5) is 26.9. The third-order valence-electron chi connectivity index (χ3n) is 2.51. The van der Waals surface area contributed by atoms with Crippen LogP contribution in [0.2, 0.25) is 0 Å². The predicted octanol–water partition coefficient (Wildman–Crippen LogP) is 0.693. The van der Waals surface area contributed by atoms with Crippen LogP contribution in [0.15, 0.2) is 23.1 Å². The maximum atomic E-state index is 12.0. The molecule has 1 N–H and O–H groups in total. The molecule has 2 rings (SSSR count). The number of rotatable bonds is 4. The summed E-state index contributed by atoms with van der Waals surface area (Å²) in [6.45, 7) is 2.16. The fourth-order valence-corrected chi connectivity index (χ4v) is 1.86. The Kier molecular flexibility index (Phi) is 2.95. The number of carboxylic acid groups (broad SMARTS) is 1. The summed E-state index contributed by atoms with van der Waals surface area (Å²) >= 11 is 0. The van der Waals surface area contributed by atoms with Gasteiger partial charge in [-0.2, -0.15) is 0 Å². The molecule has 90 valence electrons. The summed E-state index contributed by atoms with van der Waals surface area (Å²) in [6, 6.07) is 3.40. The van der Waals surface area contributed by atoms with Gasteiger partial charge in [-0.1, -0.05) is 6.92 Å². The average molecular weight is 235 g/mol. The van der Waals surface area contributed by atoms with Crippen LogP contribution in [0.3, 0.4) is 0 Å². The van der Waals surface area contributed by atoms with Gasteiger partial charge in [0.1, 0.15) is 6.54 Å². The van der Waals surface area contributed by atoms with Crippen LogP contribution in [0.1, 0.15) is 13.3 Å². The first-order valence-electron chi connectivity index (χ1n) is 5.41. The van der Waals surface area contributed by atoms with E-state index >= 15 is 0 Å². The topological polar surface area (TPSA) is 77.1 Å². The molecule has 6 nitrogen and oxygen atoms in total. The van der Waals surface area contributed by atoms with Crippen molar-refractivity contribution in [1.82, 2.24) is 14.1 Å². The molecule has 0 saturated heterocycles. The molecule has 0 saturated carbocycles. The zero-order valence-corrected chi connectivity index (χ0v) is 9.46. The van der Waals surface area contributed by atoms with Gasteiger partial charge < -0.3 is 5.11 Å². The molecule has 0 atom stereocenters. The number of aliphatic carboxylic acids is 1. The molecule has 0 aliphatic rings. The molecule has 0 amide bonds. The van der Waals surface area contributed by atoms with Gasteiger partial charge in [-0.25, -0.2) is 9.78 Å². The zero-order chi connectivity index (χ0) is 12.4. The van der Waals surface area contributed by atoms with Crippen molar-refractivity contribution in [3.05, 3.63) is 28.8 Å². The number of carbonyl (C=O) groups is 1. The number of aryl methyl sites for hydroxylation is 1. The van der Waals surface area contributed by atoms with Gasteiger partial charge in [0.2, 0.25) is 0 Å². The highest BCUT2D eigenvalue weighted by molar-refractivity contribution is 5.74. The van der Waals surface area contributed by atoms with Gasteiger partial charge in [0.25, 0.3) is 0 Å². The fraction of sp³-hybridized carbons (Fsp3) is 0.364. The number of hydrogen-bond donors (Lipinski definition) is 1. The van der Waals surface area contributed by atoms with E-state index in [1.165, 1.54) is 9.13 Å². The Morgan fingerprint density at radius 2 is 2.24 bits per heavy atom. The van der Waals surface area contributed by atoms with Crippen molar-refractivity contribution in [3.8, 4) is 0 Å². The van der Waals surface area contributed by atoms with E-state index in [0.29, 0.717) is 17.7 Å². The van der Waals surface area contributed by atoms with Gasteiger partial charge in [0.15, 0.2) is 5.65 Å². The minimum atomic E-state index is -1.04. The lowest BCUT2D eigenvalue weighted by Gasteiger charge is -1.97. The average Bonchev–Trinajstić information content (AvgIpc) is 2.55. The molecule has 17 heavy (non-hydrogen) atoms. The number of hydrogen-bond acceptors (Lipinski definition) is 3. The molecular weight excluding hydrogens is 222 g/mol. The Morgan fingerprint density at radius 1 is 1.47 bits per heavy atom. The van der Waals surface area contributed by atoms with Crippen LogP contribution in [-0.4, -0.2) is 25.2 Å². The van der Waals surface area contributed by atoms with Gasteiger partial charge in [0, 0.05) is 12.7 Å². The van der Waals surface area contributed by atoms with Crippen molar-refractivity contribution < 1.29 is 9.90 Å². The normalized spacial score (nSPS) is 10.9. The number of carboxylic acids is 1. The largest absolute Gasteiger partial charge is 0.480 e. The lowest BCUT2D eigenvalue weighted by molar-refractivity contribution is -0.137. The highest BCUT2D eigenvalue weighted by atomic mass is 16.4. The second kappa shape index (κ2) is 4.40. The SMILES string of the molecule is CCCn1c(=O)n(CC(=O)O)c2cccnc21. The lowest BCUT2D eigenvalue weighted by atomic mass is 10.4. The molecular formula is C11H13N3O3. The van der Waals surface area contributed by atoms with E-state index in [2.05, 4.69) is 4.98 Å². The van der Waals surface area contributed by atoms with Crippen LogP contribution in [-0.2, 0) is 17.9 Å². The van der Waals surface area contributed by atoms with Crippen molar-refractivity contribution >= 4 is 17.1 Å². The van der Waals surface area contributed by atoms with Crippen LogP contribution in [0.5, 0.6) is 0 Å². The van der Waals surface area contributed by atoms with Crippen molar-refractivity contribution in [2.45, 2.75) is 26.4 Å². The highest BCUT2D eigenvalue weighted by Crippen LogP contribution is 2.10. The van der Waals surface area contributed by atoms with Crippen LogP contribution in [0, 0.1) is 0 Å². The molecule has 0 aromatic carbocycles. The van der Waals surface area contributed by atoms with Crippen molar-refractivity contribution in [2.24, 2.45) is 0 Å². The number of nitrogens with zero attached hydrogens (tertiary/aromatic N) is 3. The van der Waals surface area contributed by atoms with Gasteiger partial charge in [-0.3, -0.25) is 13.9 Å². The molecule has 0 bridgehead atoms. The lowest BCUT2D eigenvalue weighted by Crippen LogP contribution is -2.26. The Labute approximate surface area is 97.1 Å². The summed E-state index contributed by atoms with van der Waals surface area (Å²) < 4.78 is 2.75. The second-order valence-corrected chi connectivity index (χ2v) is 3.76. The summed E-state index contributed by atoms with van der Waals surface area (Å²) in [7, 11) is 0. The van der Waals surface area contributed by atoms with Crippen LogP contribution in [0.25, 0.3) is 11.2 Å². The van der Waals surface area contributed by atoms with Gasteiger partial charge >= 0.3 is 11.7 Å². The van der Waals surface area contributed by atoms with Crippen molar-refractivity contribution in [3.63, 3.8) is 0 Å². The first-order chi connectivity index (χ1) is 8.15. The zero-order valence-electron chi connectivity index (χ0n) is 9.46. The maximum absolute atomic E-state index is 12.0. The Hall–Kier alpha value is -2.11. The van der Waals surface area contributed by atoms with E-state index < -0.39 is 5.97 Å². The van der Waals surface area contributed by atoms with E-state index in [4.69, 9.17) is 5.11 Å². The Balaban J connectivity index is 2.70. The highest BCUT2D eigenvalue weighted by Gasteiger charge is 2.14. The summed E-state index contributed by atoms with van der Waals surface area (Å²) in [5.41, 5.74) is 0.789. The van der Waals surface area contributed by atoms with Crippen LogP contribution < -0.4 is 5.69 Å². The number of fused-ring (bicyclic) bond motifs is 1. The minimum absolute atomic E-state index is 0.317. The fourth-order valence-electron chi connectivity index (χ4n) is 1.86. The number of aromatic nitrogens is 3. The van der Waals surface area contributed by atoms with E-state index in [1.54, 1.807) is 18.3 Å². The quantitative estimate of drug-likeness (QED) is 0.845. The van der Waals surface area contributed by atoms with Crippen molar-refractivity contribution in [2.75, 3.05) is 0 Å². The molecule has 6 heteroatoms. The third-order valence-corrected chi connectivity index (χ3v) is 2.51. The van der Waals surface area contributed by atoms with Crippen LogP contribution in [0.4, 0.5) is 0 Å². The first-order valence-corrected chi connectivity index (χ1v) is 5.41. The molecule has 2 aromatic heterocycles. The molecule has 0 aliphatic carbocycles. The van der Waals surface area contributed by atoms with E-state index in [1.807, 2.05) is 6.92 Å². The maximum Gasteiger partial charge on any atom is 0.330 e. The first kappa shape index (κ1) is 11.4. The molecule has 0 aliphatic heterocycles.